The number of halogens is 2. The Morgan fingerprint density at radius 2 is 1.86 bits per heavy atom. The third-order valence-corrected chi connectivity index (χ3v) is 3.19. The number of nitrogens with zero attached hydrogens (tertiary/aromatic N) is 3. The van der Waals surface area contributed by atoms with Crippen molar-refractivity contribution in [3.63, 3.8) is 0 Å². The molecule has 3 rings (SSSR count). The summed E-state index contributed by atoms with van der Waals surface area (Å²) in [4.78, 5) is 12.2. The second-order valence-electron chi connectivity index (χ2n) is 4.32. The van der Waals surface area contributed by atoms with Gasteiger partial charge in [0, 0.05) is 28.4 Å². The van der Waals surface area contributed by atoms with Gasteiger partial charge >= 0.3 is 7.12 Å². The minimum atomic E-state index is -1.77. The zero-order valence-electron chi connectivity index (χ0n) is 10.5. The Kier molecular flexibility index (Phi) is 3.54. The van der Waals surface area contributed by atoms with Gasteiger partial charge in [0.1, 0.15) is 11.3 Å². The van der Waals surface area contributed by atoms with Crippen molar-refractivity contribution in [2.75, 3.05) is 0 Å². The van der Waals surface area contributed by atoms with Gasteiger partial charge in [0.15, 0.2) is 5.65 Å². The quantitative estimate of drug-likeness (QED) is 0.695. The molecule has 3 aromatic rings. The Hall–Kier alpha value is -2.09. The lowest BCUT2D eigenvalue weighted by Gasteiger charge is -2.08. The zero-order chi connectivity index (χ0) is 15.0. The molecule has 8 heteroatoms. The minimum Gasteiger partial charge on any atom is -0.423 e. The number of benzene rings is 1. The molecule has 0 unspecified atom stereocenters. The molecule has 1 aromatic carbocycles. The van der Waals surface area contributed by atoms with Crippen molar-refractivity contribution >= 4 is 35.3 Å². The molecular weight excluding hydrogens is 295 g/mol. The number of aromatic nitrogens is 3. The molecule has 0 aliphatic carbocycles. The summed E-state index contributed by atoms with van der Waals surface area (Å²) in [6, 6.07) is 5.41. The number of hydrogen-bond donors (Lipinski definition) is 2. The first-order chi connectivity index (χ1) is 10.1. The molecule has 2 N–H and O–H groups in total. The van der Waals surface area contributed by atoms with Gasteiger partial charge in [-0.25, -0.2) is 14.4 Å². The molecule has 0 amide bonds. The van der Waals surface area contributed by atoms with Crippen molar-refractivity contribution in [1.29, 1.82) is 0 Å². The molecule has 2 aromatic heterocycles. The molecule has 104 valence electrons. The molecule has 0 saturated heterocycles. The summed E-state index contributed by atoms with van der Waals surface area (Å²) in [6.45, 7) is 0. The van der Waals surface area contributed by atoms with Crippen LogP contribution in [0.25, 0.3) is 22.4 Å². The second kappa shape index (κ2) is 5.36. The Morgan fingerprint density at radius 1 is 1.10 bits per heavy atom. The van der Waals surface area contributed by atoms with Crippen molar-refractivity contribution in [2.24, 2.45) is 0 Å². The van der Waals surface area contributed by atoms with Gasteiger partial charge in [-0.3, -0.25) is 4.98 Å². The largest absolute Gasteiger partial charge is 0.490 e. The predicted octanol–water partition coefficient (Wildman–Crippen LogP) is 1.16. The SMILES string of the molecule is OB(O)c1cc(-c2cc(Cl)ccc2F)nc2nccnc12. The lowest BCUT2D eigenvalue weighted by atomic mass is 9.79. The summed E-state index contributed by atoms with van der Waals surface area (Å²) in [5.74, 6) is -0.520. The number of pyridine rings is 1. The summed E-state index contributed by atoms with van der Waals surface area (Å²) in [5.41, 5.74) is 0.890. The van der Waals surface area contributed by atoms with Gasteiger partial charge in [0.05, 0.1) is 5.69 Å². The van der Waals surface area contributed by atoms with E-state index in [9.17, 15) is 14.4 Å². The van der Waals surface area contributed by atoms with Gasteiger partial charge in [-0.05, 0) is 24.3 Å². The van der Waals surface area contributed by atoms with Crippen LogP contribution >= 0.6 is 11.6 Å². The highest BCUT2D eigenvalue weighted by Crippen LogP contribution is 2.25. The van der Waals surface area contributed by atoms with E-state index >= 15 is 0 Å². The Bertz CT molecular complexity index is 832. The van der Waals surface area contributed by atoms with Crippen molar-refractivity contribution in [1.82, 2.24) is 15.0 Å². The van der Waals surface area contributed by atoms with E-state index < -0.39 is 12.9 Å². The molecule has 0 aliphatic rings. The average Bonchev–Trinajstić information content (AvgIpc) is 2.48. The summed E-state index contributed by atoms with van der Waals surface area (Å²) < 4.78 is 13.9. The van der Waals surface area contributed by atoms with Gasteiger partial charge in [-0.1, -0.05) is 11.6 Å². The number of hydrogen-bond acceptors (Lipinski definition) is 5. The third-order valence-electron chi connectivity index (χ3n) is 2.95. The molecule has 5 nitrogen and oxygen atoms in total. The molecule has 0 bridgehead atoms. The predicted molar refractivity (Wildman–Crippen MR) is 77.6 cm³/mol. The molecule has 2 heterocycles. The van der Waals surface area contributed by atoms with E-state index in [4.69, 9.17) is 11.6 Å². The maximum atomic E-state index is 13.9. The highest BCUT2D eigenvalue weighted by molar-refractivity contribution is 6.61. The molecule has 0 radical (unpaired) electrons. The van der Waals surface area contributed by atoms with Gasteiger partial charge in [0.2, 0.25) is 0 Å². The highest BCUT2D eigenvalue weighted by Gasteiger charge is 2.20. The first kappa shape index (κ1) is 13.9. The summed E-state index contributed by atoms with van der Waals surface area (Å²) >= 11 is 5.87. The maximum Gasteiger partial charge on any atom is 0.490 e. The van der Waals surface area contributed by atoms with Gasteiger partial charge in [-0.15, -0.1) is 0 Å². The van der Waals surface area contributed by atoms with Crippen LogP contribution in [0.3, 0.4) is 0 Å². The van der Waals surface area contributed by atoms with Gasteiger partial charge in [0.25, 0.3) is 0 Å². The van der Waals surface area contributed by atoms with E-state index in [-0.39, 0.29) is 27.9 Å². The topological polar surface area (TPSA) is 79.1 Å². The fraction of sp³-hybridized carbons (Fsp3) is 0. The monoisotopic (exact) mass is 303 g/mol. The van der Waals surface area contributed by atoms with E-state index in [0.717, 1.165) is 0 Å². The smallest absolute Gasteiger partial charge is 0.423 e. The number of fused-ring (bicyclic) bond motifs is 1. The summed E-state index contributed by atoms with van der Waals surface area (Å²) in [7, 11) is -1.77. The zero-order valence-corrected chi connectivity index (χ0v) is 11.3. The maximum absolute atomic E-state index is 13.9. The van der Waals surface area contributed by atoms with Crippen molar-refractivity contribution in [3.05, 3.63) is 47.5 Å². The summed E-state index contributed by atoms with van der Waals surface area (Å²) in [5, 5.41) is 19.3. The molecule has 0 aliphatic heterocycles. The molecule has 0 atom stereocenters. The van der Waals surface area contributed by atoms with Gasteiger partial charge in [-0.2, -0.15) is 0 Å². The Morgan fingerprint density at radius 3 is 2.62 bits per heavy atom. The van der Waals surface area contributed by atoms with Crippen LogP contribution in [0.4, 0.5) is 4.39 Å². The second-order valence-corrected chi connectivity index (χ2v) is 4.76. The van der Waals surface area contributed by atoms with Crippen LogP contribution in [0, 0.1) is 5.82 Å². The van der Waals surface area contributed by atoms with Crippen LogP contribution < -0.4 is 5.46 Å². The van der Waals surface area contributed by atoms with Crippen LogP contribution in [-0.2, 0) is 0 Å². The molecule has 0 spiro atoms. The molecule has 0 saturated carbocycles. The van der Waals surface area contributed by atoms with E-state index in [1.54, 1.807) is 0 Å². The van der Waals surface area contributed by atoms with E-state index in [1.807, 2.05) is 0 Å². The van der Waals surface area contributed by atoms with Crippen LogP contribution in [0.15, 0.2) is 36.7 Å². The fourth-order valence-electron chi connectivity index (χ4n) is 2.01. The van der Waals surface area contributed by atoms with Crippen LogP contribution in [0.1, 0.15) is 0 Å². The highest BCUT2D eigenvalue weighted by atomic mass is 35.5. The summed E-state index contributed by atoms with van der Waals surface area (Å²) in [6.07, 6.45) is 2.83. The van der Waals surface area contributed by atoms with Gasteiger partial charge < -0.3 is 10.0 Å². The van der Waals surface area contributed by atoms with Crippen molar-refractivity contribution in [2.45, 2.75) is 0 Å². The Balaban J connectivity index is 2.31. The van der Waals surface area contributed by atoms with Crippen LogP contribution in [0.2, 0.25) is 5.02 Å². The van der Waals surface area contributed by atoms with E-state index in [2.05, 4.69) is 15.0 Å². The number of rotatable bonds is 2. The fourth-order valence-corrected chi connectivity index (χ4v) is 2.18. The van der Waals surface area contributed by atoms with E-state index in [1.165, 1.54) is 36.7 Å². The van der Waals surface area contributed by atoms with E-state index in [0.29, 0.717) is 5.02 Å². The first-order valence-corrected chi connectivity index (χ1v) is 6.37. The third kappa shape index (κ3) is 2.58. The van der Waals surface area contributed by atoms with Crippen LogP contribution in [-0.4, -0.2) is 32.1 Å². The van der Waals surface area contributed by atoms with Crippen LogP contribution in [0.5, 0.6) is 0 Å². The lowest BCUT2D eigenvalue weighted by Crippen LogP contribution is -2.31. The normalized spacial score (nSPS) is 10.9. The standard InChI is InChI=1S/C13H8BClFN3O2/c15-7-1-2-10(16)8(5-7)11-6-9(14(20)21)12-13(19-11)18-4-3-17-12/h1-6,20-21H. The molecular formula is C13H8BClFN3O2. The van der Waals surface area contributed by atoms with Crippen molar-refractivity contribution in [3.8, 4) is 11.3 Å². The lowest BCUT2D eigenvalue weighted by molar-refractivity contribution is 0.426. The minimum absolute atomic E-state index is 0.0995. The average molecular weight is 303 g/mol. The van der Waals surface area contributed by atoms with Crippen molar-refractivity contribution < 1.29 is 14.4 Å². The molecule has 0 fully saturated rings. The first-order valence-electron chi connectivity index (χ1n) is 5.99. The Labute approximate surface area is 124 Å². The molecule has 21 heavy (non-hydrogen) atoms.